The quantitative estimate of drug-likeness (QED) is 0.735. The molecule has 3 heteroatoms. The summed E-state index contributed by atoms with van der Waals surface area (Å²) in [7, 11) is 2.17. The van der Waals surface area contributed by atoms with Crippen LogP contribution in [-0.2, 0) is 6.54 Å². The van der Waals surface area contributed by atoms with Crippen LogP contribution >= 0.6 is 12.6 Å². The van der Waals surface area contributed by atoms with E-state index in [1.165, 1.54) is 18.4 Å². The Labute approximate surface area is 104 Å². The van der Waals surface area contributed by atoms with Gasteiger partial charge in [-0.2, -0.15) is 12.6 Å². The smallest absolute Gasteiger partial charge is 0.0312 e. The van der Waals surface area contributed by atoms with E-state index in [2.05, 4.69) is 42.6 Å². The van der Waals surface area contributed by atoms with Crippen LogP contribution in [0.4, 0.5) is 0 Å². The molecular formula is C13H22N2S. The lowest BCUT2D eigenvalue weighted by Gasteiger charge is -2.18. The van der Waals surface area contributed by atoms with Crippen molar-refractivity contribution in [2.45, 2.75) is 26.3 Å². The molecule has 0 aliphatic carbocycles. The first-order valence-electron chi connectivity index (χ1n) is 5.90. The van der Waals surface area contributed by atoms with Crippen LogP contribution in [0.5, 0.6) is 0 Å². The van der Waals surface area contributed by atoms with Gasteiger partial charge in [-0.3, -0.25) is 4.98 Å². The summed E-state index contributed by atoms with van der Waals surface area (Å²) in [6.07, 6.45) is 6.22. The van der Waals surface area contributed by atoms with Gasteiger partial charge in [0.25, 0.3) is 0 Å². The molecule has 0 spiro atoms. The number of thiol groups is 1. The lowest BCUT2D eigenvalue weighted by molar-refractivity contribution is 0.296. The van der Waals surface area contributed by atoms with Crippen LogP contribution in [0.1, 0.15) is 25.3 Å². The summed E-state index contributed by atoms with van der Waals surface area (Å²) in [4.78, 5) is 6.48. The zero-order valence-corrected chi connectivity index (χ0v) is 11.2. The van der Waals surface area contributed by atoms with Gasteiger partial charge in [-0.05, 0) is 49.7 Å². The van der Waals surface area contributed by atoms with E-state index in [1.807, 2.05) is 18.5 Å². The Bertz CT molecular complexity index is 277. The summed E-state index contributed by atoms with van der Waals surface area (Å²) >= 11 is 4.26. The van der Waals surface area contributed by atoms with Gasteiger partial charge in [-0.25, -0.2) is 0 Å². The van der Waals surface area contributed by atoms with E-state index >= 15 is 0 Å². The number of hydrogen-bond donors (Lipinski definition) is 1. The molecular weight excluding hydrogens is 216 g/mol. The molecule has 0 N–H and O–H groups in total. The third-order valence-electron chi connectivity index (χ3n) is 2.80. The van der Waals surface area contributed by atoms with Gasteiger partial charge in [0.2, 0.25) is 0 Å². The molecule has 0 radical (unpaired) electrons. The van der Waals surface area contributed by atoms with Gasteiger partial charge in [0, 0.05) is 18.9 Å². The topological polar surface area (TPSA) is 16.1 Å². The molecule has 1 aromatic rings. The molecule has 0 aliphatic rings. The highest BCUT2D eigenvalue weighted by atomic mass is 32.1. The third-order valence-corrected chi connectivity index (χ3v) is 3.06. The van der Waals surface area contributed by atoms with Crippen LogP contribution in [-0.4, -0.2) is 29.2 Å². The Morgan fingerprint density at radius 1 is 1.44 bits per heavy atom. The average Bonchev–Trinajstić information content (AvgIpc) is 2.28. The van der Waals surface area contributed by atoms with E-state index < -0.39 is 0 Å². The summed E-state index contributed by atoms with van der Waals surface area (Å²) in [5.41, 5.74) is 1.28. The molecule has 0 saturated carbocycles. The molecule has 90 valence electrons. The fraction of sp³-hybridized carbons (Fsp3) is 0.615. The molecule has 16 heavy (non-hydrogen) atoms. The summed E-state index contributed by atoms with van der Waals surface area (Å²) in [6, 6.07) is 4.12. The molecule has 1 aromatic heterocycles. The van der Waals surface area contributed by atoms with Gasteiger partial charge >= 0.3 is 0 Å². The van der Waals surface area contributed by atoms with Crippen molar-refractivity contribution in [3.8, 4) is 0 Å². The van der Waals surface area contributed by atoms with Crippen molar-refractivity contribution in [2.75, 3.05) is 19.3 Å². The molecule has 1 unspecified atom stereocenters. The van der Waals surface area contributed by atoms with E-state index in [-0.39, 0.29) is 0 Å². The number of hydrogen-bond acceptors (Lipinski definition) is 3. The van der Waals surface area contributed by atoms with Crippen molar-refractivity contribution in [1.82, 2.24) is 9.88 Å². The minimum absolute atomic E-state index is 0.772. The fourth-order valence-electron chi connectivity index (χ4n) is 1.69. The van der Waals surface area contributed by atoms with Gasteiger partial charge in [0.05, 0.1) is 0 Å². The highest BCUT2D eigenvalue weighted by Gasteiger charge is 2.04. The van der Waals surface area contributed by atoms with Crippen molar-refractivity contribution in [3.63, 3.8) is 0 Å². The second kappa shape index (κ2) is 7.69. The summed E-state index contributed by atoms with van der Waals surface area (Å²) in [5, 5.41) is 0. The molecule has 1 heterocycles. The monoisotopic (exact) mass is 238 g/mol. The maximum atomic E-state index is 4.26. The molecule has 0 fully saturated rings. The van der Waals surface area contributed by atoms with Crippen molar-refractivity contribution in [1.29, 1.82) is 0 Å². The normalized spacial score (nSPS) is 13.0. The Kier molecular flexibility index (Phi) is 6.50. The Balaban J connectivity index is 2.23. The molecule has 0 aromatic carbocycles. The lowest BCUT2D eigenvalue weighted by atomic mass is 10.1. The predicted octanol–water partition coefficient (Wildman–Crippen LogP) is 2.86. The second-order valence-corrected chi connectivity index (χ2v) is 4.95. The van der Waals surface area contributed by atoms with Crippen LogP contribution in [0.3, 0.4) is 0 Å². The Hall–Kier alpha value is -0.540. The van der Waals surface area contributed by atoms with E-state index in [9.17, 15) is 0 Å². The van der Waals surface area contributed by atoms with E-state index in [0.29, 0.717) is 0 Å². The summed E-state index contributed by atoms with van der Waals surface area (Å²) in [5.74, 6) is 1.77. The highest BCUT2D eigenvalue weighted by molar-refractivity contribution is 7.80. The zero-order chi connectivity index (χ0) is 11.8. The minimum atomic E-state index is 0.772. The van der Waals surface area contributed by atoms with E-state index in [4.69, 9.17) is 0 Å². The molecule has 1 atom stereocenters. The second-order valence-electron chi connectivity index (χ2n) is 4.51. The highest BCUT2D eigenvalue weighted by Crippen LogP contribution is 2.10. The average molecular weight is 238 g/mol. The van der Waals surface area contributed by atoms with Crippen LogP contribution in [0.15, 0.2) is 24.5 Å². The van der Waals surface area contributed by atoms with Crippen LogP contribution in [0.2, 0.25) is 0 Å². The number of nitrogens with zero attached hydrogens (tertiary/aromatic N) is 2. The van der Waals surface area contributed by atoms with Gasteiger partial charge in [0.1, 0.15) is 0 Å². The molecule has 0 bridgehead atoms. The maximum absolute atomic E-state index is 4.26. The molecule has 0 aliphatic heterocycles. The largest absolute Gasteiger partial charge is 0.302 e. The minimum Gasteiger partial charge on any atom is -0.302 e. The van der Waals surface area contributed by atoms with Crippen molar-refractivity contribution in [2.24, 2.45) is 5.92 Å². The first-order chi connectivity index (χ1) is 7.72. The zero-order valence-electron chi connectivity index (χ0n) is 10.3. The SMILES string of the molecule is CC(CCS)CCN(C)Cc1cccnc1. The Morgan fingerprint density at radius 3 is 2.88 bits per heavy atom. The van der Waals surface area contributed by atoms with E-state index in [0.717, 1.165) is 24.8 Å². The van der Waals surface area contributed by atoms with Crippen molar-refractivity contribution < 1.29 is 0 Å². The van der Waals surface area contributed by atoms with Gasteiger partial charge < -0.3 is 4.90 Å². The van der Waals surface area contributed by atoms with Crippen molar-refractivity contribution >= 4 is 12.6 Å². The van der Waals surface area contributed by atoms with Gasteiger partial charge in [-0.15, -0.1) is 0 Å². The summed E-state index contributed by atoms with van der Waals surface area (Å²) < 4.78 is 0. The number of pyridine rings is 1. The fourth-order valence-corrected chi connectivity index (χ4v) is 2.13. The maximum Gasteiger partial charge on any atom is 0.0312 e. The molecule has 0 saturated heterocycles. The van der Waals surface area contributed by atoms with E-state index in [1.54, 1.807) is 0 Å². The standard InChI is InChI=1S/C13H22N2S/c1-12(6-9-16)5-8-15(2)11-13-4-3-7-14-10-13/h3-4,7,10,12,16H,5-6,8-9,11H2,1-2H3. The van der Waals surface area contributed by atoms with Crippen LogP contribution in [0, 0.1) is 5.92 Å². The molecule has 0 amide bonds. The first-order valence-corrected chi connectivity index (χ1v) is 6.54. The molecule has 2 nitrogen and oxygen atoms in total. The van der Waals surface area contributed by atoms with Gasteiger partial charge in [-0.1, -0.05) is 13.0 Å². The number of aromatic nitrogens is 1. The lowest BCUT2D eigenvalue weighted by Crippen LogP contribution is -2.21. The van der Waals surface area contributed by atoms with Crippen LogP contribution < -0.4 is 0 Å². The third kappa shape index (κ3) is 5.52. The van der Waals surface area contributed by atoms with Crippen molar-refractivity contribution in [3.05, 3.63) is 30.1 Å². The molecule has 1 rings (SSSR count). The first kappa shape index (κ1) is 13.5. The summed E-state index contributed by atoms with van der Waals surface area (Å²) in [6.45, 7) is 4.43. The van der Waals surface area contributed by atoms with Crippen LogP contribution in [0.25, 0.3) is 0 Å². The Morgan fingerprint density at radius 2 is 2.25 bits per heavy atom. The predicted molar refractivity (Wildman–Crippen MR) is 72.8 cm³/mol. The number of rotatable bonds is 7. The van der Waals surface area contributed by atoms with Gasteiger partial charge in [0.15, 0.2) is 0 Å².